The van der Waals surface area contributed by atoms with E-state index in [1.54, 1.807) is 32.5 Å². The third kappa shape index (κ3) is 4.96. The van der Waals surface area contributed by atoms with Crippen LogP contribution >= 0.6 is 0 Å². The van der Waals surface area contributed by atoms with Gasteiger partial charge in [0.2, 0.25) is 0 Å². The molecule has 0 saturated carbocycles. The quantitative estimate of drug-likeness (QED) is 0.729. The molecular weight excluding hydrogens is 306 g/mol. The number of aromatic nitrogens is 1. The molecule has 2 N–H and O–H groups in total. The first-order valence-electron chi connectivity index (χ1n) is 7.79. The van der Waals surface area contributed by atoms with Gasteiger partial charge in [-0.15, -0.1) is 0 Å². The molecule has 128 valence electrons. The first kappa shape index (κ1) is 17.7. The number of nitrogens with one attached hydrogen (secondary N) is 2. The van der Waals surface area contributed by atoms with Crippen molar-refractivity contribution < 1.29 is 14.3 Å². The molecule has 0 aliphatic heterocycles. The summed E-state index contributed by atoms with van der Waals surface area (Å²) >= 11 is 0. The summed E-state index contributed by atoms with van der Waals surface area (Å²) < 4.78 is 10.3. The molecule has 2 rings (SSSR count). The first-order chi connectivity index (χ1) is 11.6. The lowest BCUT2D eigenvalue weighted by atomic mass is 10.2. The number of pyridine rings is 1. The van der Waals surface area contributed by atoms with E-state index in [1.165, 1.54) is 0 Å². The number of carbonyl (C=O) groups excluding carboxylic acids is 1. The molecule has 0 aliphatic carbocycles. The largest absolute Gasteiger partial charge is 0.495 e. The zero-order valence-electron chi connectivity index (χ0n) is 14.3. The molecule has 1 heterocycles. The summed E-state index contributed by atoms with van der Waals surface area (Å²) in [7, 11) is 3.26. The number of ether oxygens (including phenoxy) is 2. The number of benzene rings is 1. The second kappa shape index (κ2) is 8.88. The molecule has 6 nitrogen and oxygen atoms in total. The number of anilines is 2. The van der Waals surface area contributed by atoms with Gasteiger partial charge < -0.3 is 20.1 Å². The highest BCUT2D eigenvalue weighted by atomic mass is 16.5. The Balaban J connectivity index is 2.07. The standard InChI is InChI=1S/C18H23N3O3/c1-13-5-6-16(24-3)15(11-13)21-17-12-14(7-9-19-17)18(22)20-8-4-10-23-2/h5-7,9,11-12H,4,8,10H2,1-3H3,(H,19,21)(H,20,22). The summed E-state index contributed by atoms with van der Waals surface area (Å²) in [6.45, 7) is 3.20. The maximum Gasteiger partial charge on any atom is 0.251 e. The predicted octanol–water partition coefficient (Wildman–Crippen LogP) is 2.91. The third-order valence-corrected chi connectivity index (χ3v) is 3.45. The summed E-state index contributed by atoms with van der Waals surface area (Å²) in [5.74, 6) is 1.17. The van der Waals surface area contributed by atoms with E-state index in [1.807, 2.05) is 25.1 Å². The van der Waals surface area contributed by atoms with Crippen molar-refractivity contribution in [2.24, 2.45) is 0 Å². The van der Waals surface area contributed by atoms with Gasteiger partial charge in [0, 0.05) is 32.0 Å². The molecule has 1 amide bonds. The van der Waals surface area contributed by atoms with E-state index >= 15 is 0 Å². The van der Waals surface area contributed by atoms with Gasteiger partial charge in [0.1, 0.15) is 11.6 Å². The maximum absolute atomic E-state index is 12.2. The molecule has 0 aliphatic rings. The molecule has 1 aromatic carbocycles. The highest BCUT2D eigenvalue weighted by molar-refractivity contribution is 5.94. The summed E-state index contributed by atoms with van der Waals surface area (Å²) in [5.41, 5.74) is 2.46. The average molecular weight is 329 g/mol. The highest BCUT2D eigenvalue weighted by Gasteiger charge is 2.08. The minimum absolute atomic E-state index is 0.132. The molecule has 0 atom stereocenters. The van der Waals surface area contributed by atoms with Gasteiger partial charge in [0.05, 0.1) is 12.8 Å². The number of rotatable bonds is 8. The lowest BCUT2D eigenvalue weighted by molar-refractivity contribution is 0.0948. The minimum atomic E-state index is -0.132. The van der Waals surface area contributed by atoms with Crippen molar-refractivity contribution in [3.8, 4) is 5.75 Å². The molecule has 2 aromatic rings. The number of amides is 1. The summed E-state index contributed by atoms with van der Waals surface area (Å²) in [6, 6.07) is 9.24. The summed E-state index contributed by atoms with van der Waals surface area (Å²) in [6.07, 6.45) is 2.38. The Kier molecular flexibility index (Phi) is 6.57. The zero-order chi connectivity index (χ0) is 17.4. The van der Waals surface area contributed by atoms with Gasteiger partial charge in [-0.25, -0.2) is 4.98 Å². The Morgan fingerprint density at radius 2 is 2.04 bits per heavy atom. The smallest absolute Gasteiger partial charge is 0.251 e. The van der Waals surface area contributed by atoms with Gasteiger partial charge >= 0.3 is 0 Å². The van der Waals surface area contributed by atoms with Crippen LogP contribution in [0.25, 0.3) is 0 Å². The van der Waals surface area contributed by atoms with Crippen LogP contribution in [-0.2, 0) is 4.74 Å². The average Bonchev–Trinajstić information content (AvgIpc) is 2.59. The van der Waals surface area contributed by atoms with Crippen molar-refractivity contribution in [1.82, 2.24) is 10.3 Å². The van der Waals surface area contributed by atoms with Crippen LogP contribution in [0.3, 0.4) is 0 Å². The van der Waals surface area contributed by atoms with Crippen molar-refractivity contribution in [3.05, 3.63) is 47.7 Å². The molecule has 6 heteroatoms. The molecule has 1 aromatic heterocycles. The normalized spacial score (nSPS) is 10.3. The Labute approximate surface area is 142 Å². The molecule has 0 unspecified atom stereocenters. The van der Waals surface area contributed by atoms with Gasteiger partial charge in [-0.3, -0.25) is 4.79 Å². The second-order valence-electron chi connectivity index (χ2n) is 5.36. The zero-order valence-corrected chi connectivity index (χ0v) is 14.3. The van der Waals surface area contributed by atoms with Crippen molar-refractivity contribution >= 4 is 17.4 Å². The fourth-order valence-corrected chi connectivity index (χ4v) is 2.22. The van der Waals surface area contributed by atoms with Crippen LogP contribution in [0, 0.1) is 6.92 Å². The SMILES string of the molecule is COCCCNC(=O)c1ccnc(Nc2cc(C)ccc2OC)c1. The molecule has 0 saturated heterocycles. The van der Waals surface area contributed by atoms with Crippen LogP contribution in [0.2, 0.25) is 0 Å². The van der Waals surface area contributed by atoms with Crippen LogP contribution < -0.4 is 15.4 Å². The maximum atomic E-state index is 12.2. The Bertz CT molecular complexity index is 689. The van der Waals surface area contributed by atoms with E-state index in [2.05, 4.69) is 15.6 Å². The number of carbonyl (C=O) groups is 1. The van der Waals surface area contributed by atoms with E-state index in [-0.39, 0.29) is 5.91 Å². The topological polar surface area (TPSA) is 72.5 Å². The lowest BCUT2D eigenvalue weighted by Crippen LogP contribution is -2.25. The van der Waals surface area contributed by atoms with Crippen molar-refractivity contribution in [2.75, 3.05) is 32.7 Å². The van der Waals surface area contributed by atoms with Crippen LogP contribution in [0.4, 0.5) is 11.5 Å². The Morgan fingerprint density at radius 3 is 2.79 bits per heavy atom. The van der Waals surface area contributed by atoms with E-state index < -0.39 is 0 Å². The van der Waals surface area contributed by atoms with Crippen LogP contribution in [-0.4, -0.2) is 38.3 Å². The van der Waals surface area contributed by atoms with Crippen molar-refractivity contribution in [3.63, 3.8) is 0 Å². The van der Waals surface area contributed by atoms with Gasteiger partial charge in [-0.2, -0.15) is 0 Å². The third-order valence-electron chi connectivity index (χ3n) is 3.45. The number of methoxy groups -OCH3 is 2. The van der Waals surface area contributed by atoms with Gasteiger partial charge in [0.15, 0.2) is 0 Å². The number of nitrogens with zero attached hydrogens (tertiary/aromatic N) is 1. The fraction of sp³-hybridized carbons (Fsp3) is 0.333. The Hall–Kier alpha value is -2.60. The van der Waals surface area contributed by atoms with E-state index in [0.717, 1.165) is 23.4 Å². The van der Waals surface area contributed by atoms with E-state index in [4.69, 9.17) is 9.47 Å². The molecule has 24 heavy (non-hydrogen) atoms. The fourth-order valence-electron chi connectivity index (χ4n) is 2.22. The van der Waals surface area contributed by atoms with Crippen LogP contribution in [0.5, 0.6) is 5.75 Å². The molecular formula is C18H23N3O3. The van der Waals surface area contributed by atoms with E-state index in [0.29, 0.717) is 24.5 Å². The molecule has 0 spiro atoms. The van der Waals surface area contributed by atoms with Crippen LogP contribution in [0.15, 0.2) is 36.5 Å². The lowest BCUT2D eigenvalue weighted by Gasteiger charge is -2.12. The number of aryl methyl sites for hydroxylation is 1. The number of hydrogen-bond donors (Lipinski definition) is 2. The molecule has 0 bridgehead atoms. The molecule has 0 radical (unpaired) electrons. The van der Waals surface area contributed by atoms with Crippen molar-refractivity contribution in [2.45, 2.75) is 13.3 Å². The minimum Gasteiger partial charge on any atom is -0.495 e. The van der Waals surface area contributed by atoms with Gasteiger partial charge in [-0.05, 0) is 43.2 Å². The van der Waals surface area contributed by atoms with Gasteiger partial charge in [-0.1, -0.05) is 6.07 Å². The first-order valence-corrected chi connectivity index (χ1v) is 7.79. The number of hydrogen-bond acceptors (Lipinski definition) is 5. The summed E-state index contributed by atoms with van der Waals surface area (Å²) in [4.78, 5) is 16.4. The van der Waals surface area contributed by atoms with E-state index in [9.17, 15) is 4.79 Å². The second-order valence-corrected chi connectivity index (χ2v) is 5.36. The summed E-state index contributed by atoms with van der Waals surface area (Å²) in [5, 5.41) is 6.06. The molecule has 0 fully saturated rings. The van der Waals surface area contributed by atoms with Crippen LogP contribution in [0.1, 0.15) is 22.3 Å². The monoisotopic (exact) mass is 329 g/mol. The Morgan fingerprint density at radius 1 is 1.21 bits per heavy atom. The van der Waals surface area contributed by atoms with Crippen molar-refractivity contribution in [1.29, 1.82) is 0 Å². The highest BCUT2D eigenvalue weighted by Crippen LogP contribution is 2.28. The predicted molar refractivity (Wildman–Crippen MR) is 94.1 cm³/mol. The van der Waals surface area contributed by atoms with Gasteiger partial charge in [0.25, 0.3) is 5.91 Å².